The minimum atomic E-state index is -0.320. The highest BCUT2D eigenvalue weighted by atomic mass is 16.5. The second-order valence-electron chi connectivity index (χ2n) is 3.44. The lowest BCUT2D eigenvalue weighted by Crippen LogP contribution is -2.07. The Hall–Kier alpha value is -1.71. The molecule has 1 atom stereocenters. The highest BCUT2D eigenvalue weighted by Crippen LogP contribution is 2.31. The summed E-state index contributed by atoms with van der Waals surface area (Å²) >= 11 is 0. The van der Waals surface area contributed by atoms with Gasteiger partial charge in [0.2, 0.25) is 0 Å². The van der Waals surface area contributed by atoms with Crippen LogP contribution in [0.3, 0.4) is 0 Å². The van der Waals surface area contributed by atoms with Gasteiger partial charge in [-0.25, -0.2) is 0 Å². The van der Waals surface area contributed by atoms with Gasteiger partial charge in [0.05, 0.1) is 7.11 Å². The quantitative estimate of drug-likeness (QED) is 0.798. The van der Waals surface area contributed by atoms with Gasteiger partial charge in [0, 0.05) is 6.92 Å². The van der Waals surface area contributed by atoms with Gasteiger partial charge in [-0.2, -0.15) is 0 Å². The van der Waals surface area contributed by atoms with Crippen molar-refractivity contribution in [2.75, 3.05) is 7.11 Å². The van der Waals surface area contributed by atoms with Gasteiger partial charge in [0.15, 0.2) is 11.5 Å². The zero-order valence-corrected chi connectivity index (χ0v) is 9.69. The molecular formula is C12H16O4. The molecule has 0 saturated heterocycles. The van der Waals surface area contributed by atoms with E-state index in [1.165, 1.54) is 20.1 Å². The minimum absolute atomic E-state index is 0.0731. The Morgan fingerprint density at radius 3 is 2.69 bits per heavy atom. The molecule has 0 fully saturated rings. The van der Waals surface area contributed by atoms with Gasteiger partial charge in [0.1, 0.15) is 6.10 Å². The summed E-state index contributed by atoms with van der Waals surface area (Å²) in [5, 5.41) is 9.44. The van der Waals surface area contributed by atoms with Crippen molar-refractivity contribution in [2.24, 2.45) is 0 Å². The molecule has 1 aromatic carbocycles. The molecule has 0 heterocycles. The fourth-order valence-electron chi connectivity index (χ4n) is 1.48. The molecule has 1 unspecified atom stereocenters. The smallest absolute Gasteiger partial charge is 0.303 e. The molecule has 4 heteroatoms. The zero-order valence-electron chi connectivity index (χ0n) is 9.69. The van der Waals surface area contributed by atoms with Crippen LogP contribution in [0.5, 0.6) is 11.5 Å². The molecule has 0 amide bonds. The molecule has 0 aliphatic heterocycles. The lowest BCUT2D eigenvalue weighted by atomic mass is 10.1. The third kappa shape index (κ3) is 2.89. The van der Waals surface area contributed by atoms with Crippen molar-refractivity contribution in [1.29, 1.82) is 0 Å². The minimum Gasteiger partial charge on any atom is -0.504 e. The summed E-state index contributed by atoms with van der Waals surface area (Å²) in [6, 6.07) is 4.92. The summed E-state index contributed by atoms with van der Waals surface area (Å²) < 4.78 is 10.1. The molecule has 0 saturated carbocycles. The predicted molar refractivity (Wildman–Crippen MR) is 59.5 cm³/mol. The Morgan fingerprint density at radius 2 is 2.19 bits per heavy atom. The molecule has 1 rings (SSSR count). The van der Waals surface area contributed by atoms with Gasteiger partial charge >= 0.3 is 5.97 Å². The number of hydrogen-bond donors (Lipinski definition) is 1. The molecule has 1 N–H and O–H groups in total. The average Bonchev–Trinajstić information content (AvgIpc) is 2.26. The molecule has 0 bridgehead atoms. The van der Waals surface area contributed by atoms with Crippen LogP contribution in [0.4, 0.5) is 0 Å². The van der Waals surface area contributed by atoms with E-state index < -0.39 is 0 Å². The second kappa shape index (κ2) is 5.39. The van der Waals surface area contributed by atoms with Crippen LogP contribution in [-0.2, 0) is 9.53 Å². The van der Waals surface area contributed by atoms with E-state index in [2.05, 4.69) is 0 Å². The number of benzene rings is 1. The molecule has 88 valence electrons. The second-order valence-corrected chi connectivity index (χ2v) is 3.44. The molecule has 4 nitrogen and oxygen atoms in total. The van der Waals surface area contributed by atoms with E-state index in [-0.39, 0.29) is 17.8 Å². The Kier molecular flexibility index (Phi) is 4.17. The maximum atomic E-state index is 10.9. The van der Waals surface area contributed by atoms with Crippen LogP contribution in [0.15, 0.2) is 18.2 Å². The number of phenols is 1. The number of esters is 1. The fraction of sp³-hybridized carbons (Fsp3) is 0.417. The largest absolute Gasteiger partial charge is 0.504 e. The number of carbonyl (C=O) groups excluding carboxylic acids is 1. The molecule has 0 aromatic heterocycles. The van der Waals surface area contributed by atoms with Crippen molar-refractivity contribution < 1.29 is 19.4 Å². The Balaban J connectivity index is 2.96. The summed E-state index contributed by atoms with van der Waals surface area (Å²) in [4.78, 5) is 10.9. The van der Waals surface area contributed by atoms with E-state index >= 15 is 0 Å². The zero-order chi connectivity index (χ0) is 12.1. The number of hydrogen-bond acceptors (Lipinski definition) is 4. The SMILES string of the molecule is CCC(OC(C)=O)c1ccc(O)c(OC)c1. The maximum absolute atomic E-state index is 10.9. The molecule has 0 aliphatic carbocycles. The number of phenolic OH excluding ortho intramolecular Hbond substituents is 1. The lowest BCUT2D eigenvalue weighted by molar-refractivity contribution is -0.146. The number of methoxy groups -OCH3 is 1. The highest BCUT2D eigenvalue weighted by molar-refractivity contribution is 5.66. The first-order valence-corrected chi connectivity index (χ1v) is 5.12. The summed E-state index contributed by atoms with van der Waals surface area (Å²) in [6.07, 6.45) is 0.375. The van der Waals surface area contributed by atoms with Crippen molar-refractivity contribution in [2.45, 2.75) is 26.4 Å². The lowest BCUT2D eigenvalue weighted by Gasteiger charge is -2.16. The standard InChI is InChI=1S/C12H16O4/c1-4-11(16-8(2)13)9-5-6-10(14)12(7-9)15-3/h5-7,11,14H,4H2,1-3H3. The third-order valence-electron chi connectivity index (χ3n) is 2.25. The average molecular weight is 224 g/mol. The van der Waals surface area contributed by atoms with Crippen molar-refractivity contribution in [3.05, 3.63) is 23.8 Å². The van der Waals surface area contributed by atoms with Crippen molar-refractivity contribution >= 4 is 5.97 Å². The van der Waals surface area contributed by atoms with Gasteiger partial charge in [0.25, 0.3) is 0 Å². The van der Waals surface area contributed by atoms with Crippen LogP contribution in [-0.4, -0.2) is 18.2 Å². The van der Waals surface area contributed by atoms with Gasteiger partial charge in [-0.3, -0.25) is 4.79 Å². The highest BCUT2D eigenvalue weighted by Gasteiger charge is 2.14. The Labute approximate surface area is 94.8 Å². The van der Waals surface area contributed by atoms with Crippen LogP contribution in [0, 0.1) is 0 Å². The first-order valence-electron chi connectivity index (χ1n) is 5.12. The summed E-state index contributed by atoms with van der Waals surface area (Å²) in [6.45, 7) is 3.30. The van der Waals surface area contributed by atoms with Crippen LogP contribution in [0.25, 0.3) is 0 Å². The van der Waals surface area contributed by atoms with Gasteiger partial charge in [-0.15, -0.1) is 0 Å². The summed E-state index contributed by atoms with van der Waals surface area (Å²) in [7, 11) is 1.48. The van der Waals surface area contributed by atoms with Gasteiger partial charge in [-0.1, -0.05) is 13.0 Å². The van der Waals surface area contributed by atoms with E-state index in [4.69, 9.17) is 9.47 Å². The van der Waals surface area contributed by atoms with Crippen molar-refractivity contribution in [1.82, 2.24) is 0 Å². The van der Waals surface area contributed by atoms with E-state index in [9.17, 15) is 9.90 Å². The van der Waals surface area contributed by atoms with Crippen molar-refractivity contribution in [3.8, 4) is 11.5 Å². The van der Waals surface area contributed by atoms with E-state index in [1.54, 1.807) is 12.1 Å². The molecule has 0 spiro atoms. The summed E-state index contributed by atoms with van der Waals surface area (Å²) in [5.74, 6) is 0.130. The van der Waals surface area contributed by atoms with Crippen LogP contribution in [0.1, 0.15) is 31.9 Å². The van der Waals surface area contributed by atoms with Gasteiger partial charge < -0.3 is 14.6 Å². The number of carbonyl (C=O) groups is 1. The normalized spacial score (nSPS) is 11.9. The molecule has 0 aliphatic rings. The predicted octanol–water partition coefficient (Wildman–Crippen LogP) is 2.42. The van der Waals surface area contributed by atoms with Crippen LogP contribution < -0.4 is 4.74 Å². The topological polar surface area (TPSA) is 55.8 Å². The number of rotatable bonds is 4. The maximum Gasteiger partial charge on any atom is 0.303 e. The van der Waals surface area contributed by atoms with Gasteiger partial charge in [-0.05, 0) is 24.1 Å². The number of aromatic hydroxyl groups is 1. The van der Waals surface area contributed by atoms with E-state index in [0.717, 1.165) is 5.56 Å². The fourth-order valence-corrected chi connectivity index (χ4v) is 1.48. The summed E-state index contributed by atoms with van der Waals surface area (Å²) in [5.41, 5.74) is 0.812. The van der Waals surface area contributed by atoms with Crippen LogP contribution >= 0.6 is 0 Å². The number of ether oxygens (including phenoxy) is 2. The van der Waals surface area contributed by atoms with E-state index in [1.807, 2.05) is 6.92 Å². The molecule has 16 heavy (non-hydrogen) atoms. The van der Waals surface area contributed by atoms with E-state index in [0.29, 0.717) is 12.2 Å². The molecule has 0 radical (unpaired) electrons. The first kappa shape index (κ1) is 12.4. The molecular weight excluding hydrogens is 208 g/mol. The third-order valence-corrected chi connectivity index (χ3v) is 2.25. The van der Waals surface area contributed by atoms with Crippen molar-refractivity contribution in [3.63, 3.8) is 0 Å². The first-order chi connectivity index (χ1) is 7.58. The Bertz CT molecular complexity index is 373. The molecule has 1 aromatic rings. The van der Waals surface area contributed by atoms with Crippen LogP contribution in [0.2, 0.25) is 0 Å². The monoisotopic (exact) mass is 224 g/mol. The Morgan fingerprint density at radius 1 is 1.50 bits per heavy atom.